The van der Waals surface area contributed by atoms with Crippen molar-refractivity contribution in [1.29, 1.82) is 0 Å². The number of likely N-dealkylation sites (N-methyl/N-ethyl adjacent to an activating group) is 1. The van der Waals surface area contributed by atoms with Gasteiger partial charge in [-0.2, -0.15) is 0 Å². The van der Waals surface area contributed by atoms with Crippen molar-refractivity contribution in [2.75, 3.05) is 31.3 Å². The van der Waals surface area contributed by atoms with Gasteiger partial charge < -0.3 is 30.3 Å². The fourth-order valence-electron chi connectivity index (χ4n) is 4.75. The zero-order chi connectivity index (χ0) is 25.1. The van der Waals surface area contributed by atoms with E-state index in [0.717, 1.165) is 11.1 Å². The average Bonchev–Trinajstić information content (AvgIpc) is 2.81. The van der Waals surface area contributed by atoms with Crippen molar-refractivity contribution in [3.8, 4) is 5.75 Å². The number of carbonyl (C=O) groups excluding carboxylic acids is 3. The van der Waals surface area contributed by atoms with Gasteiger partial charge in [0.1, 0.15) is 18.5 Å². The molecule has 9 nitrogen and oxygen atoms in total. The van der Waals surface area contributed by atoms with Crippen molar-refractivity contribution in [3.05, 3.63) is 53.1 Å². The van der Waals surface area contributed by atoms with E-state index < -0.39 is 6.03 Å². The molecule has 2 aliphatic heterocycles. The van der Waals surface area contributed by atoms with Gasteiger partial charge >= 0.3 is 6.03 Å². The molecule has 4 rings (SSSR count). The van der Waals surface area contributed by atoms with E-state index in [-0.39, 0.29) is 43.1 Å². The highest BCUT2D eigenvalue weighted by Crippen LogP contribution is 2.32. The molecule has 2 aromatic rings. The van der Waals surface area contributed by atoms with Crippen LogP contribution in [-0.4, -0.2) is 61.7 Å². The molecule has 2 aliphatic rings. The maximum Gasteiger partial charge on any atom is 0.323 e. The van der Waals surface area contributed by atoms with Crippen LogP contribution in [0, 0.1) is 13.8 Å². The first-order valence-electron chi connectivity index (χ1n) is 11.8. The molecule has 0 spiro atoms. The number of nitrogens with one attached hydrogen (secondary N) is 3. The molecule has 2 aromatic carbocycles. The fourth-order valence-corrected chi connectivity index (χ4v) is 4.75. The summed E-state index contributed by atoms with van der Waals surface area (Å²) in [5.74, 6) is 0.149. The molecular weight excluding hydrogens is 448 g/mol. The van der Waals surface area contributed by atoms with Gasteiger partial charge in [-0.05, 0) is 68.1 Å². The highest BCUT2D eigenvalue weighted by atomic mass is 16.5. The molecular formula is C26H32N4O5. The quantitative estimate of drug-likeness (QED) is 0.621. The molecule has 1 saturated heterocycles. The maximum absolute atomic E-state index is 13.4. The molecule has 0 aromatic heterocycles. The molecule has 0 aliphatic carbocycles. The zero-order valence-corrected chi connectivity index (χ0v) is 20.5. The SMILES string of the molecule is CNC(=O)C[C@@H]1CC[C@H]2[C@@H](COc3ccc(NC(=O)Nc4cc(C)cc(C)c4)cc3C(=O)N2C)O1. The van der Waals surface area contributed by atoms with Gasteiger partial charge in [0.2, 0.25) is 5.91 Å². The zero-order valence-electron chi connectivity index (χ0n) is 20.5. The van der Waals surface area contributed by atoms with E-state index in [0.29, 0.717) is 35.5 Å². The predicted molar refractivity (Wildman–Crippen MR) is 133 cm³/mol. The van der Waals surface area contributed by atoms with E-state index >= 15 is 0 Å². The summed E-state index contributed by atoms with van der Waals surface area (Å²) >= 11 is 0. The lowest BCUT2D eigenvalue weighted by atomic mass is 9.94. The van der Waals surface area contributed by atoms with Crippen molar-refractivity contribution >= 4 is 29.2 Å². The number of amides is 4. The second-order valence-electron chi connectivity index (χ2n) is 9.21. The highest BCUT2D eigenvalue weighted by Gasteiger charge is 2.39. The van der Waals surface area contributed by atoms with Crippen molar-refractivity contribution in [2.45, 2.75) is 51.4 Å². The summed E-state index contributed by atoms with van der Waals surface area (Å²) in [5, 5.41) is 8.25. The second-order valence-corrected chi connectivity index (χ2v) is 9.21. The lowest BCUT2D eigenvalue weighted by Crippen LogP contribution is -2.53. The second kappa shape index (κ2) is 10.4. The number of nitrogens with zero attached hydrogens (tertiary/aromatic N) is 1. The molecule has 186 valence electrons. The molecule has 3 N–H and O–H groups in total. The normalized spacial score (nSPS) is 21.5. The van der Waals surface area contributed by atoms with E-state index in [1.54, 1.807) is 37.2 Å². The molecule has 9 heteroatoms. The first-order chi connectivity index (χ1) is 16.7. The smallest absolute Gasteiger partial charge is 0.323 e. The molecule has 1 fully saturated rings. The molecule has 4 amide bonds. The number of carbonyl (C=O) groups is 3. The molecule has 2 heterocycles. The van der Waals surface area contributed by atoms with Crippen molar-refractivity contribution < 1.29 is 23.9 Å². The summed E-state index contributed by atoms with van der Waals surface area (Å²) in [6, 6.07) is 10.3. The number of anilines is 2. The van der Waals surface area contributed by atoms with Crippen LogP contribution in [0.2, 0.25) is 0 Å². The highest BCUT2D eigenvalue weighted by molar-refractivity contribution is 6.02. The summed E-state index contributed by atoms with van der Waals surface area (Å²) in [6.07, 6.45) is 1.14. The van der Waals surface area contributed by atoms with Crippen LogP contribution in [0.15, 0.2) is 36.4 Å². The number of ether oxygens (including phenoxy) is 2. The van der Waals surface area contributed by atoms with Gasteiger partial charge in [0.25, 0.3) is 5.91 Å². The number of benzene rings is 2. The topological polar surface area (TPSA) is 109 Å². The Morgan fingerprint density at radius 1 is 1.03 bits per heavy atom. The number of hydrogen-bond acceptors (Lipinski definition) is 5. The van der Waals surface area contributed by atoms with E-state index in [1.807, 2.05) is 32.0 Å². The Morgan fingerprint density at radius 3 is 2.46 bits per heavy atom. The van der Waals surface area contributed by atoms with Gasteiger partial charge in [0.05, 0.1) is 24.1 Å². The third kappa shape index (κ3) is 5.74. The molecule has 0 radical (unpaired) electrons. The van der Waals surface area contributed by atoms with Crippen LogP contribution in [0.25, 0.3) is 0 Å². The van der Waals surface area contributed by atoms with Gasteiger partial charge in [0, 0.05) is 25.5 Å². The van der Waals surface area contributed by atoms with Crippen LogP contribution >= 0.6 is 0 Å². The minimum absolute atomic E-state index is 0.0726. The number of aryl methyl sites for hydroxylation is 2. The Morgan fingerprint density at radius 2 is 1.74 bits per heavy atom. The standard InChI is InChI=1S/C26H32N4O5/c1-15-9-16(2)11-18(10-15)29-26(33)28-17-5-8-22-20(12-17)25(32)30(4)21-7-6-19(13-24(31)27-3)35-23(21)14-34-22/h5,8-12,19,21,23H,6-7,13-14H2,1-4H3,(H,27,31)(H2,28,29,33)/t19-,21-,23+/m0/s1. The Labute approximate surface area is 205 Å². The van der Waals surface area contributed by atoms with E-state index in [2.05, 4.69) is 16.0 Å². The number of fused-ring (bicyclic) bond motifs is 2. The van der Waals surface area contributed by atoms with Crippen molar-refractivity contribution in [2.24, 2.45) is 0 Å². The molecule has 3 atom stereocenters. The first-order valence-corrected chi connectivity index (χ1v) is 11.8. The van der Waals surface area contributed by atoms with Crippen LogP contribution in [0.4, 0.5) is 16.2 Å². The van der Waals surface area contributed by atoms with Gasteiger partial charge in [-0.25, -0.2) is 4.79 Å². The van der Waals surface area contributed by atoms with E-state index in [4.69, 9.17) is 9.47 Å². The summed E-state index contributed by atoms with van der Waals surface area (Å²) < 4.78 is 12.1. The van der Waals surface area contributed by atoms with Crippen molar-refractivity contribution in [3.63, 3.8) is 0 Å². The Bertz CT molecular complexity index is 1110. The van der Waals surface area contributed by atoms with E-state index in [9.17, 15) is 14.4 Å². The Balaban J connectivity index is 1.47. The lowest BCUT2D eigenvalue weighted by Gasteiger charge is -2.42. The summed E-state index contributed by atoms with van der Waals surface area (Å²) in [7, 11) is 3.36. The first kappa shape index (κ1) is 24.5. The fraction of sp³-hybridized carbons (Fsp3) is 0.423. The largest absolute Gasteiger partial charge is 0.490 e. The van der Waals surface area contributed by atoms with E-state index in [1.165, 1.54) is 0 Å². The Hall–Kier alpha value is -3.59. The van der Waals surface area contributed by atoms with Crippen LogP contribution in [-0.2, 0) is 9.53 Å². The number of rotatable bonds is 4. The van der Waals surface area contributed by atoms with Gasteiger partial charge in [-0.1, -0.05) is 6.07 Å². The third-order valence-corrected chi connectivity index (χ3v) is 6.44. The van der Waals surface area contributed by atoms with Crippen LogP contribution in [0.1, 0.15) is 40.7 Å². The van der Waals surface area contributed by atoms with Crippen LogP contribution < -0.4 is 20.7 Å². The van der Waals surface area contributed by atoms with Gasteiger partial charge in [-0.15, -0.1) is 0 Å². The monoisotopic (exact) mass is 480 g/mol. The maximum atomic E-state index is 13.4. The predicted octanol–water partition coefficient (Wildman–Crippen LogP) is 3.46. The molecule has 0 unspecified atom stereocenters. The third-order valence-electron chi connectivity index (χ3n) is 6.44. The summed E-state index contributed by atoms with van der Waals surface area (Å²) in [6.45, 7) is 4.20. The van der Waals surface area contributed by atoms with Crippen molar-refractivity contribution in [1.82, 2.24) is 10.2 Å². The molecule has 0 bridgehead atoms. The summed E-state index contributed by atoms with van der Waals surface area (Å²) in [5.41, 5.74) is 3.67. The Kier molecular flexibility index (Phi) is 7.25. The number of urea groups is 1. The average molecular weight is 481 g/mol. The van der Waals surface area contributed by atoms with Gasteiger partial charge in [-0.3, -0.25) is 9.59 Å². The van der Waals surface area contributed by atoms with Crippen LogP contribution in [0.3, 0.4) is 0 Å². The molecule has 35 heavy (non-hydrogen) atoms. The molecule has 0 saturated carbocycles. The lowest BCUT2D eigenvalue weighted by molar-refractivity contribution is -0.133. The minimum atomic E-state index is -0.398. The summed E-state index contributed by atoms with van der Waals surface area (Å²) in [4.78, 5) is 39.4. The van der Waals surface area contributed by atoms with Gasteiger partial charge in [0.15, 0.2) is 0 Å². The number of hydrogen-bond donors (Lipinski definition) is 3. The minimum Gasteiger partial charge on any atom is -0.490 e. The van der Waals surface area contributed by atoms with Crippen LogP contribution in [0.5, 0.6) is 5.75 Å².